The molecule has 1 aliphatic carbocycles. The number of fused-ring (bicyclic) bond motifs is 2. The molecule has 0 amide bonds. The summed E-state index contributed by atoms with van der Waals surface area (Å²) in [7, 11) is 0. The van der Waals surface area contributed by atoms with E-state index in [-0.39, 0.29) is 33.6 Å². The van der Waals surface area contributed by atoms with Crippen molar-refractivity contribution in [3.05, 3.63) is 58.1 Å². The van der Waals surface area contributed by atoms with Crippen LogP contribution >= 0.6 is 0 Å². The number of rotatable bonds is 7. The molecule has 0 aliphatic heterocycles. The van der Waals surface area contributed by atoms with E-state index in [0.717, 1.165) is 18.2 Å². The molecule has 9 nitrogen and oxygen atoms in total. The number of phenols is 1. The van der Waals surface area contributed by atoms with Gasteiger partial charge >= 0.3 is 11.9 Å². The number of nitrogens with two attached hydrogens (primary N) is 2. The number of phenolic OH excluding ortho intramolecular Hbond substituents is 1. The third-order valence-corrected chi connectivity index (χ3v) is 4.80. The lowest BCUT2D eigenvalue weighted by molar-refractivity contribution is -0.136. The zero-order chi connectivity index (χ0) is 22.0. The van der Waals surface area contributed by atoms with Crippen LogP contribution in [0.4, 0.5) is 0 Å². The maximum absolute atomic E-state index is 13.0. The Kier molecular flexibility index (Phi) is 5.95. The summed E-state index contributed by atoms with van der Waals surface area (Å²) < 4.78 is 5.26. The minimum absolute atomic E-state index is 0.0206. The third-order valence-electron chi connectivity index (χ3n) is 4.80. The highest BCUT2D eigenvalue weighted by Crippen LogP contribution is 2.37. The highest BCUT2D eigenvalue weighted by atomic mass is 16.5. The number of carbonyl (C=O) groups excluding carboxylic acids is 3. The lowest BCUT2D eigenvalue weighted by atomic mass is 9.82. The second-order valence-corrected chi connectivity index (χ2v) is 6.90. The number of aromatic carboxylic acids is 1. The molecule has 0 fully saturated rings. The highest BCUT2D eigenvalue weighted by molar-refractivity contribution is 6.29. The number of hydrogen-bond donors (Lipinski definition) is 4. The minimum Gasteiger partial charge on any atom is -0.508 e. The van der Waals surface area contributed by atoms with Crippen molar-refractivity contribution in [2.45, 2.75) is 25.3 Å². The van der Waals surface area contributed by atoms with E-state index in [0.29, 0.717) is 25.8 Å². The van der Waals surface area contributed by atoms with Crippen molar-refractivity contribution in [1.29, 1.82) is 0 Å². The van der Waals surface area contributed by atoms with E-state index in [1.54, 1.807) is 0 Å². The predicted octanol–water partition coefficient (Wildman–Crippen LogP) is 1.23. The Hall–Kier alpha value is -3.56. The Morgan fingerprint density at radius 1 is 1.00 bits per heavy atom. The topological polar surface area (TPSA) is 170 Å². The molecule has 0 saturated heterocycles. The van der Waals surface area contributed by atoms with Gasteiger partial charge < -0.3 is 26.4 Å². The summed E-state index contributed by atoms with van der Waals surface area (Å²) in [6.07, 6.45) is 1.62. The first-order valence-electron chi connectivity index (χ1n) is 9.25. The third kappa shape index (κ3) is 3.93. The van der Waals surface area contributed by atoms with Gasteiger partial charge in [0.25, 0.3) is 0 Å². The summed E-state index contributed by atoms with van der Waals surface area (Å²) in [6, 6.07) is 4.71. The van der Waals surface area contributed by atoms with Crippen molar-refractivity contribution >= 4 is 23.5 Å². The molecular formula is C21H20N2O7. The number of esters is 1. The van der Waals surface area contributed by atoms with Crippen LogP contribution in [-0.2, 0) is 4.79 Å². The first-order valence-corrected chi connectivity index (χ1v) is 9.25. The molecular weight excluding hydrogens is 392 g/mol. The van der Waals surface area contributed by atoms with Gasteiger partial charge in [0, 0.05) is 22.8 Å². The summed E-state index contributed by atoms with van der Waals surface area (Å²) in [6.45, 7) is 0.460. The molecule has 1 atom stereocenters. The fourth-order valence-electron chi connectivity index (χ4n) is 3.25. The normalized spacial score (nSPS) is 13.4. The van der Waals surface area contributed by atoms with Crippen LogP contribution in [0.5, 0.6) is 11.5 Å². The molecule has 2 aromatic carbocycles. The van der Waals surface area contributed by atoms with Crippen LogP contribution < -0.4 is 16.2 Å². The number of carbonyl (C=O) groups is 4. The van der Waals surface area contributed by atoms with Gasteiger partial charge in [-0.1, -0.05) is 6.42 Å². The number of ether oxygens (including phenoxy) is 1. The van der Waals surface area contributed by atoms with Crippen LogP contribution in [0.1, 0.15) is 61.5 Å². The van der Waals surface area contributed by atoms with E-state index in [2.05, 4.69) is 0 Å². The van der Waals surface area contributed by atoms with E-state index in [4.69, 9.17) is 21.3 Å². The number of carboxylic acid groups (broad SMARTS) is 1. The second kappa shape index (κ2) is 8.44. The van der Waals surface area contributed by atoms with Gasteiger partial charge in [-0.25, -0.2) is 9.59 Å². The Balaban J connectivity index is 1.99. The van der Waals surface area contributed by atoms with Crippen molar-refractivity contribution in [2.24, 2.45) is 11.5 Å². The Morgan fingerprint density at radius 3 is 2.40 bits per heavy atom. The zero-order valence-corrected chi connectivity index (χ0v) is 15.9. The predicted molar refractivity (Wildman–Crippen MR) is 105 cm³/mol. The monoisotopic (exact) mass is 412 g/mol. The first-order chi connectivity index (χ1) is 14.2. The molecule has 9 heteroatoms. The molecule has 156 valence electrons. The lowest BCUT2D eigenvalue weighted by Gasteiger charge is -2.21. The average molecular weight is 412 g/mol. The minimum atomic E-state index is -1.25. The van der Waals surface area contributed by atoms with Gasteiger partial charge in [-0.15, -0.1) is 0 Å². The standard InChI is InChI=1S/C21H20N2O7/c22-6-2-1-3-15(23)21(29)30-16-9-11(24)8-14-17(16)19(26)12-5-4-10(20(27)28)7-13(12)18(14)25/h4-5,7-9,15,24H,1-3,6,22-23H2,(H,27,28)/t15-/m0/s1. The lowest BCUT2D eigenvalue weighted by Crippen LogP contribution is -2.35. The molecule has 3 rings (SSSR count). The largest absolute Gasteiger partial charge is 0.508 e. The van der Waals surface area contributed by atoms with Gasteiger partial charge in [0.05, 0.1) is 11.1 Å². The molecule has 0 unspecified atom stereocenters. The molecule has 2 aromatic rings. The van der Waals surface area contributed by atoms with Crippen molar-refractivity contribution in [1.82, 2.24) is 0 Å². The molecule has 0 saturated carbocycles. The second-order valence-electron chi connectivity index (χ2n) is 6.90. The van der Waals surface area contributed by atoms with Crippen LogP contribution in [0.15, 0.2) is 30.3 Å². The average Bonchev–Trinajstić information content (AvgIpc) is 2.71. The Labute approximate surface area is 171 Å². The van der Waals surface area contributed by atoms with Gasteiger partial charge in [-0.2, -0.15) is 0 Å². The van der Waals surface area contributed by atoms with E-state index in [9.17, 15) is 24.3 Å². The Bertz CT molecular complexity index is 1060. The maximum atomic E-state index is 13.0. The van der Waals surface area contributed by atoms with Gasteiger partial charge in [-0.3, -0.25) is 9.59 Å². The van der Waals surface area contributed by atoms with Crippen LogP contribution in [0, 0.1) is 0 Å². The summed E-state index contributed by atoms with van der Waals surface area (Å²) in [5.74, 6) is -4.04. The van der Waals surface area contributed by atoms with Crippen LogP contribution in [0.2, 0.25) is 0 Å². The summed E-state index contributed by atoms with van der Waals surface area (Å²) in [5, 5.41) is 19.1. The molecule has 1 aliphatic rings. The molecule has 0 bridgehead atoms. The quantitative estimate of drug-likeness (QED) is 0.253. The SMILES string of the molecule is NCCCC[C@H](N)C(=O)Oc1cc(O)cc2c1C(=O)c1ccc(C(=O)O)cc1C2=O. The Morgan fingerprint density at radius 2 is 1.73 bits per heavy atom. The van der Waals surface area contributed by atoms with E-state index in [1.807, 2.05) is 0 Å². The van der Waals surface area contributed by atoms with Crippen LogP contribution in [0.3, 0.4) is 0 Å². The highest BCUT2D eigenvalue weighted by Gasteiger charge is 2.34. The maximum Gasteiger partial charge on any atom is 0.335 e. The number of carboxylic acids is 1. The summed E-state index contributed by atoms with van der Waals surface area (Å²) in [4.78, 5) is 49.4. The van der Waals surface area contributed by atoms with Gasteiger partial charge in [-0.05, 0) is 43.7 Å². The summed E-state index contributed by atoms with van der Waals surface area (Å²) >= 11 is 0. The van der Waals surface area contributed by atoms with Crippen molar-refractivity contribution in [2.75, 3.05) is 6.54 Å². The molecule has 30 heavy (non-hydrogen) atoms. The number of benzene rings is 2. The number of hydrogen-bond acceptors (Lipinski definition) is 8. The fourth-order valence-corrected chi connectivity index (χ4v) is 3.25. The van der Waals surface area contributed by atoms with Crippen molar-refractivity contribution in [3.8, 4) is 11.5 Å². The number of unbranched alkanes of at least 4 members (excludes halogenated alkanes) is 1. The molecule has 0 aromatic heterocycles. The zero-order valence-electron chi connectivity index (χ0n) is 15.9. The summed E-state index contributed by atoms with van der Waals surface area (Å²) in [5.41, 5.74) is 10.6. The van der Waals surface area contributed by atoms with E-state index < -0.39 is 35.3 Å². The van der Waals surface area contributed by atoms with Gasteiger partial charge in [0.1, 0.15) is 17.5 Å². The fraction of sp³-hybridized carbons (Fsp3) is 0.238. The van der Waals surface area contributed by atoms with Gasteiger partial charge in [0.2, 0.25) is 0 Å². The molecule has 0 heterocycles. The van der Waals surface area contributed by atoms with Crippen LogP contribution in [0.25, 0.3) is 0 Å². The van der Waals surface area contributed by atoms with Gasteiger partial charge in [0.15, 0.2) is 11.6 Å². The molecule has 0 spiro atoms. The van der Waals surface area contributed by atoms with E-state index >= 15 is 0 Å². The molecule has 0 radical (unpaired) electrons. The number of ketones is 2. The van der Waals surface area contributed by atoms with Crippen LogP contribution in [-0.4, -0.2) is 46.3 Å². The number of aromatic hydroxyl groups is 1. The smallest absolute Gasteiger partial charge is 0.335 e. The van der Waals surface area contributed by atoms with Crippen molar-refractivity contribution < 1.29 is 34.1 Å². The molecule has 6 N–H and O–H groups in total. The van der Waals surface area contributed by atoms with Crippen molar-refractivity contribution in [3.63, 3.8) is 0 Å². The first kappa shape index (κ1) is 21.2. The van der Waals surface area contributed by atoms with E-state index in [1.165, 1.54) is 12.1 Å².